The number of hydrogen-bond acceptors (Lipinski definition) is 7. The van der Waals surface area contributed by atoms with Crippen LogP contribution in [-0.2, 0) is 0 Å². The zero-order valence-corrected chi connectivity index (χ0v) is 15.3. The van der Waals surface area contributed by atoms with Crippen LogP contribution in [0.15, 0.2) is 36.4 Å². The Morgan fingerprint density at radius 1 is 1.23 bits per heavy atom. The zero-order chi connectivity index (χ0) is 18.1. The number of tetrazole rings is 1. The summed E-state index contributed by atoms with van der Waals surface area (Å²) in [4.78, 5) is 23.0. The molecule has 0 saturated carbocycles. The number of amides is 1. The smallest absolute Gasteiger partial charge is 0.259 e. The third-order valence-electron chi connectivity index (χ3n) is 3.84. The van der Waals surface area contributed by atoms with Gasteiger partial charge < -0.3 is 4.98 Å². The molecule has 0 aliphatic carbocycles. The number of pyridine rings is 1. The van der Waals surface area contributed by atoms with Crippen LogP contribution < -0.4 is 4.90 Å². The lowest BCUT2D eigenvalue weighted by Crippen LogP contribution is -2.31. The van der Waals surface area contributed by atoms with Crippen LogP contribution in [0.1, 0.15) is 17.3 Å². The molecule has 1 aromatic carbocycles. The highest BCUT2D eigenvalue weighted by molar-refractivity contribution is 7.73. The number of fused-ring (bicyclic) bond motifs is 1. The molecule has 130 valence electrons. The van der Waals surface area contributed by atoms with Crippen molar-refractivity contribution in [1.29, 1.82) is 0 Å². The van der Waals surface area contributed by atoms with Crippen molar-refractivity contribution in [3.63, 3.8) is 0 Å². The second-order valence-corrected chi connectivity index (χ2v) is 7.06. The van der Waals surface area contributed by atoms with E-state index in [1.165, 1.54) is 11.3 Å². The van der Waals surface area contributed by atoms with E-state index in [-0.39, 0.29) is 5.91 Å². The fourth-order valence-corrected chi connectivity index (χ4v) is 3.64. The molecule has 4 aromatic rings. The molecule has 0 aliphatic rings. The van der Waals surface area contributed by atoms with Crippen molar-refractivity contribution in [1.82, 2.24) is 30.6 Å². The number of rotatable bonds is 4. The molecule has 0 spiro atoms. The number of carbonyl (C=O) groups is 1. The molecule has 10 heteroatoms. The minimum Gasteiger partial charge on any atom is -0.336 e. The molecule has 0 bridgehead atoms. The molecule has 26 heavy (non-hydrogen) atoms. The maximum absolute atomic E-state index is 12.9. The second kappa shape index (κ2) is 6.73. The minimum atomic E-state index is -0.127. The lowest BCUT2D eigenvalue weighted by atomic mass is 10.1. The summed E-state index contributed by atoms with van der Waals surface area (Å²) in [5.41, 5.74) is 2.21. The molecule has 0 fully saturated rings. The largest absolute Gasteiger partial charge is 0.336 e. The van der Waals surface area contributed by atoms with Crippen molar-refractivity contribution in [2.45, 2.75) is 6.92 Å². The summed E-state index contributed by atoms with van der Waals surface area (Å²) >= 11 is 6.54. The Hall–Kier alpha value is -2.98. The first-order valence-corrected chi connectivity index (χ1v) is 9.04. The fourth-order valence-electron chi connectivity index (χ4n) is 2.59. The fraction of sp³-hybridized carbons (Fsp3) is 0.125. The van der Waals surface area contributed by atoms with Gasteiger partial charge in [0.15, 0.2) is 3.95 Å². The Balaban J connectivity index is 1.64. The van der Waals surface area contributed by atoms with Gasteiger partial charge in [-0.05, 0) is 48.6 Å². The molecule has 3 aromatic heterocycles. The standard InChI is InChI=1S/C16H13N7OS2/c1-2-23(12-8-7-11-14(18-12)26-16(25)17-11)15(24)10-5-3-9(4-6-10)13-19-21-22-20-13/h3-8H,2H2,1H3,(H,17,25)(H,19,20,21,22). The van der Waals surface area contributed by atoms with Gasteiger partial charge in [0.2, 0.25) is 5.82 Å². The van der Waals surface area contributed by atoms with Gasteiger partial charge in [-0.3, -0.25) is 9.69 Å². The molecule has 0 saturated heterocycles. The third-order valence-corrected chi connectivity index (χ3v) is 4.99. The predicted octanol–water partition coefficient (Wildman–Crippen LogP) is 3.20. The molecule has 4 rings (SSSR count). The molecule has 2 N–H and O–H groups in total. The van der Waals surface area contributed by atoms with Gasteiger partial charge in [-0.25, -0.2) is 4.98 Å². The quantitative estimate of drug-likeness (QED) is 0.525. The summed E-state index contributed by atoms with van der Waals surface area (Å²) in [6, 6.07) is 10.8. The van der Waals surface area contributed by atoms with E-state index in [2.05, 4.69) is 30.6 Å². The highest BCUT2D eigenvalue weighted by atomic mass is 32.1. The van der Waals surface area contributed by atoms with E-state index < -0.39 is 0 Å². The Bertz CT molecular complexity index is 1120. The van der Waals surface area contributed by atoms with Crippen LogP contribution >= 0.6 is 23.6 Å². The highest BCUT2D eigenvalue weighted by Crippen LogP contribution is 2.23. The molecule has 0 unspecified atom stereocenters. The van der Waals surface area contributed by atoms with E-state index in [1.54, 1.807) is 29.2 Å². The number of aromatic amines is 2. The monoisotopic (exact) mass is 383 g/mol. The predicted molar refractivity (Wildman–Crippen MR) is 102 cm³/mol. The Morgan fingerprint density at radius 2 is 2.04 bits per heavy atom. The number of benzene rings is 1. The number of carbonyl (C=O) groups excluding carboxylic acids is 1. The van der Waals surface area contributed by atoms with Crippen molar-refractivity contribution in [2.75, 3.05) is 11.4 Å². The first-order chi connectivity index (χ1) is 12.7. The molecule has 0 aliphatic heterocycles. The molecule has 3 heterocycles. The van der Waals surface area contributed by atoms with E-state index in [9.17, 15) is 4.79 Å². The molecule has 8 nitrogen and oxygen atoms in total. The number of hydrogen-bond donors (Lipinski definition) is 2. The van der Waals surface area contributed by atoms with Crippen LogP contribution in [0.3, 0.4) is 0 Å². The maximum atomic E-state index is 12.9. The van der Waals surface area contributed by atoms with Crippen molar-refractivity contribution >= 4 is 45.6 Å². The van der Waals surface area contributed by atoms with Crippen LogP contribution in [0.25, 0.3) is 21.7 Å². The van der Waals surface area contributed by atoms with Crippen LogP contribution in [0.2, 0.25) is 0 Å². The van der Waals surface area contributed by atoms with E-state index in [0.29, 0.717) is 27.7 Å². The van der Waals surface area contributed by atoms with Crippen LogP contribution in [-0.4, -0.2) is 43.0 Å². The number of nitrogens with zero attached hydrogens (tertiary/aromatic N) is 5. The van der Waals surface area contributed by atoms with E-state index >= 15 is 0 Å². The van der Waals surface area contributed by atoms with E-state index in [0.717, 1.165) is 15.9 Å². The van der Waals surface area contributed by atoms with Gasteiger partial charge in [0, 0.05) is 17.7 Å². The summed E-state index contributed by atoms with van der Waals surface area (Å²) in [7, 11) is 0. The number of anilines is 1. The van der Waals surface area contributed by atoms with Gasteiger partial charge in [-0.1, -0.05) is 23.5 Å². The lowest BCUT2D eigenvalue weighted by molar-refractivity contribution is 0.0987. The molecule has 0 atom stereocenters. The van der Waals surface area contributed by atoms with Crippen molar-refractivity contribution < 1.29 is 4.79 Å². The summed E-state index contributed by atoms with van der Waals surface area (Å²) in [5.74, 6) is 0.952. The number of thiazole rings is 1. The normalized spacial score (nSPS) is 11.0. The number of H-pyrrole nitrogens is 2. The Morgan fingerprint density at radius 3 is 2.73 bits per heavy atom. The maximum Gasteiger partial charge on any atom is 0.259 e. The Kier molecular flexibility index (Phi) is 4.27. The van der Waals surface area contributed by atoms with Crippen molar-refractivity contribution in [3.05, 3.63) is 45.9 Å². The highest BCUT2D eigenvalue weighted by Gasteiger charge is 2.18. The van der Waals surface area contributed by atoms with Gasteiger partial charge in [-0.2, -0.15) is 5.21 Å². The number of nitrogens with one attached hydrogen (secondary N) is 2. The Labute approximate surface area is 156 Å². The molecular formula is C16H13N7OS2. The van der Waals surface area contributed by atoms with Crippen molar-refractivity contribution in [3.8, 4) is 11.4 Å². The average molecular weight is 383 g/mol. The van der Waals surface area contributed by atoms with E-state index in [4.69, 9.17) is 12.2 Å². The first-order valence-electron chi connectivity index (χ1n) is 7.81. The topological polar surface area (TPSA) is 103 Å². The van der Waals surface area contributed by atoms with E-state index in [1.807, 2.05) is 19.1 Å². The van der Waals surface area contributed by atoms with Gasteiger partial charge in [-0.15, -0.1) is 10.2 Å². The molecular weight excluding hydrogens is 370 g/mol. The van der Waals surface area contributed by atoms with Gasteiger partial charge in [0.25, 0.3) is 5.91 Å². The molecule has 1 amide bonds. The average Bonchev–Trinajstić information content (AvgIpc) is 3.31. The summed E-state index contributed by atoms with van der Waals surface area (Å²) in [6.07, 6.45) is 0. The van der Waals surface area contributed by atoms with Crippen LogP contribution in [0.4, 0.5) is 5.82 Å². The van der Waals surface area contributed by atoms with Gasteiger partial charge in [0.1, 0.15) is 10.6 Å². The second-order valence-electron chi connectivity index (χ2n) is 5.40. The van der Waals surface area contributed by atoms with Crippen molar-refractivity contribution in [2.24, 2.45) is 0 Å². The minimum absolute atomic E-state index is 0.127. The van der Waals surface area contributed by atoms with Crippen LogP contribution in [0.5, 0.6) is 0 Å². The summed E-state index contributed by atoms with van der Waals surface area (Å²) in [6.45, 7) is 2.41. The molecule has 0 radical (unpaired) electrons. The zero-order valence-electron chi connectivity index (χ0n) is 13.6. The van der Waals surface area contributed by atoms with Gasteiger partial charge >= 0.3 is 0 Å². The number of aromatic nitrogens is 6. The summed E-state index contributed by atoms with van der Waals surface area (Å²) in [5, 5.41) is 13.8. The first kappa shape index (κ1) is 16.5. The lowest BCUT2D eigenvalue weighted by Gasteiger charge is -2.20. The third kappa shape index (κ3) is 3.00. The van der Waals surface area contributed by atoms with Gasteiger partial charge in [0.05, 0.1) is 5.52 Å². The SMILES string of the molecule is CCN(C(=O)c1ccc(-c2nn[nH]n2)cc1)c1ccc2[nH]c(=S)sc2n1. The van der Waals surface area contributed by atoms with Crippen LogP contribution in [0, 0.1) is 3.95 Å². The summed E-state index contributed by atoms with van der Waals surface area (Å²) < 4.78 is 0.663.